The standard InChI is InChI=1S/C78H48O2/c1-3-17-51(18-4-1)73-47-59-43-57(39-41-71(59)79-73)77-65-27-13-9-23-61(65)75(62-24-10-14-28-66(62)77)53-35-31-49(32-36-53)69-45-55-21-7-8-22-56(55)46-70(69)50-33-37-54(38-34-50)76-63-25-11-15-29-67(63)78(68-30-16-12-26-64(68)76)58-40-42-72-60(44-58)48-74(80-72)52-19-5-2-6-20-52/h1-48H. The molecule has 0 aliphatic carbocycles. The van der Waals surface area contributed by atoms with Gasteiger partial charge in [-0.1, -0.05) is 243 Å². The van der Waals surface area contributed by atoms with Gasteiger partial charge in [0.05, 0.1) is 0 Å². The van der Waals surface area contributed by atoms with Crippen LogP contribution in [0.15, 0.2) is 300 Å². The molecule has 2 aromatic heterocycles. The first-order valence-electron chi connectivity index (χ1n) is 27.5. The summed E-state index contributed by atoms with van der Waals surface area (Å²) in [6.45, 7) is 0. The van der Waals surface area contributed by atoms with Crippen molar-refractivity contribution in [1.82, 2.24) is 0 Å². The number of hydrogen-bond donors (Lipinski definition) is 0. The molecule has 0 amide bonds. The van der Waals surface area contributed by atoms with Crippen LogP contribution in [0, 0.1) is 0 Å². The topological polar surface area (TPSA) is 26.3 Å². The molecule has 372 valence electrons. The van der Waals surface area contributed by atoms with E-state index in [1.807, 2.05) is 12.1 Å². The molecule has 2 heterocycles. The molecule has 16 rings (SSSR count). The summed E-state index contributed by atoms with van der Waals surface area (Å²) in [5.41, 5.74) is 18.3. The molecule has 0 saturated carbocycles. The number of fused-ring (bicyclic) bond motifs is 7. The van der Waals surface area contributed by atoms with E-state index < -0.39 is 0 Å². The molecule has 2 nitrogen and oxygen atoms in total. The molecule has 0 radical (unpaired) electrons. The second-order valence-electron chi connectivity index (χ2n) is 21.0. The summed E-state index contributed by atoms with van der Waals surface area (Å²) in [7, 11) is 0. The van der Waals surface area contributed by atoms with E-state index in [4.69, 9.17) is 8.83 Å². The lowest BCUT2D eigenvalue weighted by atomic mass is 9.84. The Morgan fingerprint density at radius 2 is 0.450 bits per heavy atom. The Morgan fingerprint density at radius 1 is 0.175 bits per heavy atom. The summed E-state index contributed by atoms with van der Waals surface area (Å²) in [4.78, 5) is 0. The van der Waals surface area contributed by atoms with Gasteiger partial charge in [0.25, 0.3) is 0 Å². The Morgan fingerprint density at radius 3 is 0.787 bits per heavy atom. The lowest BCUT2D eigenvalue weighted by Crippen LogP contribution is -1.92. The lowest BCUT2D eigenvalue weighted by Gasteiger charge is -2.19. The maximum Gasteiger partial charge on any atom is 0.135 e. The largest absolute Gasteiger partial charge is 0.456 e. The molecular weight excluding hydrogens is 969 g/mol. The minimum Gasteiger partial charge on any atom is -0.456 e. The first-order valence-corrected chi connectivity index (χ1v) is 27.5. The van der Waals surface area contributed by atoms with E-state index in [-0.39, 0.29) is 0 Å². The molecule has 0 bridgehead atoms. The van der Waals surface area contributed by atoms with Crippen LogP contribution < -0.4 is 0 Å². The van der Waals surface area contributed by atoms with Gasteiger partial charge in [0.2, 0.25) is 0 Å². The second kappa shape index (κ2) is 18.6. The van der Waals surface area contributed by atoms with Crippen molar-refractivity contribution >= 4 is 75.8 Å². The van der Waals surface area contributed by atoms with Gasteiger partial charge < -0.3 is 8.83 Å². The minimum atomic E-state index is 0.875. The van der Waals surface area contributed by atoms with Crippen LogP contribution in [0.5, 0.6) is 0 Å². The molecule has 2 heteroatoms. The van der Waals surface area contributed by atoms with E-state index in [1.54, 1.807) is 0 Å². The van der Waals surface area contributed by atoms with Gasteiger partial charge in [0.15, 0.2) is 0 Å². The highest BCUT2D eigenvalue weighted by Gasteiger charge is 2.21. The van der Waals surface area contributed by atoms with Crippen molar-refractivity contribution in [2.75, 3.05) is 0 Å². The van der Waals surface area contributed by atoms with Crippen LogP contribution in [-0.2, 0) is 0 Å². The van der Waals surface area contributed by atoms with Gasteiger partial charge in [-0.25, -0.2) is 0 Å². The van der Waals surface area contributed by atoms with Crippen molar-refractivity contribution in [3.05, 3.63) is 291 Å². The van der Waals surface area contributed by atoms with Crippen molar-refractivity contribution in [3.8, 4) is 89.4 Å². The Labute approximate surface area is 462 Å². The summed E-state index contributed by atoms with van der Waals surface area (Å²) in [6, 6.07) is 106. The predicted octanol–water partition coefficient (Wildman–Crippen LogP) is 22.3. The van der Waals surface area contributed by atoms with E-state index >= 15 is 0 Å². The maximum absolute atomic E-state index is 6.37. The van der Waals surface area contributed by atoms with Crippen LogP contribution in [0.3, 0.4) is 0 Å². The zero-order chi connectivity index (χ0) is 52.7. The Balaban J connectivity index is 0.784. The molecule has 0 aliphatic heterocycles. The number of furan rings is 2. The number of rotatable bonds is 8. The highest BCUT2D eigenvalue weighted by molar-refractivity contribution is 6.23. The highest BCUT2D eigenvalue weighted by Crippen LogP contribution is 2.48. The van der Waals surface area contributed by atoms with Crippen LogP contribution in [0.4, 0.5) is 0 Å². The molecule has 80 heavy (non-hydrogen) atoms. The first kappa shape index (κ1) is 45.6. The van der Waals surface area contributed by atoms with Crippen molar-refractivity contribution in [2.24, 2.45) is 0 Å². The highest BCUT2D eigenvalue weighted by atomic mass is 16.3. The summed E-state index contributed by atoms with van der Waals surface area (Å²) >= 11 is 0. The molecule has 14 aromatic carbocycles. The summed E-state index contributed by atoms with van der Waals surface area (Å²) in [5.74, 6) is 1.75. The van der Waals surface area contributed by atoms with E-state index in [0.29, 0.717) is 0 Å². The fraction of sp³-hybridized carbons (Fsp3) is 0. The Hall–Kier alpha value is -10.5. The SMILES string of the molecule is c1ccc(-c2cc3cc(-c4c5ccccc5c(-c5ccc(-c6cc7ccccc7cc6-c6ccc(-c7c8ccccc8c(-c8ccc9oc(-c%10ccccc%10)cc9c8)c8ccccc78)cc6)cc5)c5ccccc45)ccc3o2)cc1. The van der Waals surface area contributed by atoms with Crippen molar-refractivity contribution in [3.63, 3.8) is 0 Å². The fourth-order valence-corrected chi connectivity index (χ4v) is 12.7. The average molecular weight is 1020 g/mol. The monoisotopic (exact) mass is 1020 g/mol. The van der Waals surface area contributed by atoms with E-state index in [1.165, 1.54) is 121 Å². The van der Waals surface area contributed by atoms with Crippen LogP contribution in [0.2, 0.25) is 0 Å². The Kier molecular flexibility index (Phi) is 10.6. The minimum absolute atomic E-state index is 0.875. The Bertz CT molecular complexity index is 4640. The number of benzene rings is 14. The van der Waals surface area contributed by atoms with E-state index in [9.17, 15) is 0 Å². The second-order valence-corrected chi connectivity index (χ2v) is 21.0. The third-order valence-electron chi connectivity index (χ3n) is 16.4. The molecular formula is C78H48O2. The maximum atomic E-state index is 6.37. The number of hydrogen-bond acceptors (Lipinski definition) is 2. The van der Waals surface area contributed by atoms with Crippen LogP contribution in [0.25, 0.3) is 165 Å². The quantitative estimate of drug-likeness (QED) is 0.142. The van der Waals surface area contributed by atoms with Gasteiger partial charge in [0.1, 0.15) is 22.7 Å². The van der Waals surface area contributed by atoms with Gasteiger partial charge >= 0.3 is 0 Å². The van der Waals surface area contributed by atoms with E-state index in [2.05, 4.69) is 279 Å². The fourth-order valence-electron chi connectivity index (χ4n) is 12.7. The van der Waals surface area contributed by atoms with Crippen LogP contribution >= 0.6 is 0 Å². The molecule has 0 fully saturated rings. The summed E-state index contributed by atoms with van der Waals surface area (Å²) in [5, 5.41) is 14.4. The van der Waals surface area contributed by atoms with Gasteiger partial charge in [-0.2, -0.15) is 0 Å². The summed E-state index contributed by atoms with van der Waals surface area (Å²) < 4.78 is 12.7. The van der Waals surface area contributed by atoms with Gasteiger partial charge in [-0.05, 0) is 169 Å². The molecule has 0 spiro atoms. The predicted molar refractivity (Wildman–Crippen MR) is 337 cm³/mol. The average Bonchev–Trinajstić information content (AvgIpc) is 4.24. The zero-order valence-electron chi connectivity index (χ0n) is 43.5. The summed E-state index contributed by atoms with van der Waals surface area (Å²) in [6.07, 6.45) is 0. The molecule has 16 aromatic rings. The van der Waals surface area contributed by atoms with Gasteiger partial charge in [-0.15, -0.1) is 0 Å². The molecule has 0 N–H and O–H groups in total. The van der Waals surface area contributed by atoms with Crippen molar-refractivity contribution in [1.29, 1.82) is 0 Å². The van der Waals surface area contributed by atoms with Crippen molar-refractivity contribution < 1.29 is 8.83 Å². The lowest BCUT2D eigenvalue weighted by molar-refractivity contribution is 0.631. The van der Waals surface area contributed by atoms with Crippen LogP contribution in [-0.4, -0.2) is 0 Å². The van der Waals surface area contributed by atoms with Crippen molar-refractivity contribution in [2.45, 2.75) is 0 Å². The smallest absolute Gasteiger partial charge is 0.135 e. The molecule has 0 aliphatic rings. The molecule has 0 unspecified atom stereocenters. The normalized spacial score (nSPS) is 11.8. The molecule has 0 atom stereocenters. The third-order valence-corrected chi connectivity index (χ3v) is 16.4. The molecule has 0 saturated heterocycles. The van der Waals surface area contributed by atoms with Gasteiger partial charge in [0, 0.05) is 21.9 Å². The first-order chi connectivity index (χ1) is 39.6. The van der Waals surface area contributed by atoms with E-state index in [0.717, 1.165) is 44.6 Å². The van der Waals surface area contributed by atoms with Crippen LogP contribution in [0.1, 0.15) is 0 Å². The zero-order valence-corrected chi connectivity index (χ0v) is 43.5. The van der Waals surface area contributed by atoms with Gasteiger partial charge in [-0.3, -0.25) is 0 Å². The third kappa shape index (κ3) is 7.57.